The van der Waals surface area contributed by atoms with Crippen molar-refractivity contribution in [2.45, 2.75) is 59.8 Å². The molecule has 2 aromatic heterocycles. The van der Waals surface area contributed by atoms with Crippen LogP contribution in [0.25, 0.3) is 4.85 Å². The first-order chi connectivity index (χ1) is 12.3. The Kier molecular flexibility index (Phi) is 6.84. The number of nitrogens with zero attached hydrogens (tertiary/aromatic N) is 6. The van der Waals surface area contributed by atoms with E-state index >= 15 is 0 Å². The number of rotatable bonds is 7. The lowest BCUT2D eigenvalue weighted by Gasteiger charge is -2.20. The van der Waals surface area contributed by atoms with Gasteiger partial charge in [-0.2, -0.15) is 0 Å². The normalized spacial score (nSPS) is 11.9. The summed E-state index contributed by atoms with van der Waals surface area (Å²) in [7, 11) is 0. The minimum atomic E-state index is -0.126. The molecule has 0 aliphatic carbocycles. The van der Waals surface area contributed by atoms with Gasteiger partial charge in [0.05, 0.1) is 18.0 Å². The Labute approximate surface area is 164 Å². The van der Waals surface area contributed by atoms with E-state index in [0.717, 1.165) is 41.8 Å². The number of anilines is 1. The summed E-state index contributed by atoms with van der Waals surface area (Å²) >= 11 is 2.79. The summed E-state index contributed by atoms with van der Waals surface area (Å²) in [6, 6.07) is 0. The molecule has 2 heterocycles. The van der Waals surface area contributed by atoms with Gasteiger partial charge >= 0.3 is 0 Å². The molecule has 0 amide bonds. The van der Waals surface area contributed by atoms with Gasteiger partial charge in [-0.3, -0.25) is 0 Å². The number of thiazole rings is 1. The van der Waals surface area contributed by atoms with Crippen LogP contribution < -0.4 is 4.90 Å². The van der Waals surface area contributed by atoms with E-state index in [9.17, 15) is 0 Å². The molecule has 2 aromatic rings. The molecule has 26 heavy (non-hydrogen) atoms. The molecule has 6 nitrogen and oxygen atoms in total. The van der Waals surface area contributed by atoms with Gasteiger partial charge in [0, 0.05) is 18.5 Å². The summed E-state index contributed by atoms with van der Waals surface area (Å²) in [5, 5.41) is 11.2. The highest BCUT2D eigenvalue weighted by atomic mass is 32.1. The van der Waals surface area contributed by atoms with E-state index in [1.165, 1.54) is 11.5 Å². The predicted octanol–water partition coefficient (Wildman–Crippen LogP) is 6.80. The van der Waals surface area contributed by atoms with Gasteiger partial charge in [0.2, 0.25) is 5.69 Å². The molecular formula is C18H26N6S2. The molecule has 0 radical (unpaired) electrons. The minimum absolute atomic E-state index is 0.126. The number of aryl methyl sites for hydroxylation is 1. The molecule has 0 saturated heterocycles. The summed E-state index contributed by atoms with van der Waals surface area (Å²) in [6.07, 6.45) is 2.16. The summed E-state index contributed by atoms with van der Waals surface area (Å²) in [4.78, 5) is 10.7. The molecule has 0 aliphatic rings. The zero-order valence-electron chi connectivity index (χ0n) is 16.3. The predicted molar refractivity (Wildman–Crippen MR) is 111 cm³/mol. The fourth-order valence-electron chi connectivity index (χ4n) is 2.47. The second kappa shape index (κ2) is 8.69. The third-order valence-corrected chi connectivity index (χ3v) is 5.54. The molecule has 0 bridgehead atoms. The molecule has 140 valence electrons. The van der Waals surface area contributed by atoms with Crippen molar-refractivity contribution in [2.24, 2.45) is 10.2 Å². The number of aromatic nitrogens is 2. The topological polar surface area (TPSA) is 58.1 Å². The Bertz CT molecular complexity index is 801. The Morgan fingerprint density at radius 1 is 1.12 bits per heavy atom. The maximum atomic E-state index is 7.29. The fraction of sp³-hybridized carbons (Fsp3) is 0.611. The molecule has 0 atom stereocenters. The van der Waals surface area contributed by atoms with Gasteiger partial charge in [0.1, 0.15) is 0 Å². The average molecular weight is 391 g/mol. The largest absolute Gasteiger partial charge is 0.348 e. The second-order valence-electron chi connectivity index (χ2n) is 7.12. The van der Waals surface area contributed by atoms with E-state index in [-0.39, 0.29) is 5.41 Å². The van der Waals surface area contributed by atoms with Crippen molar-refractivity contribution in [1.82, 2.24) is 9.36 Å². The molecular weight excluding hydrogens is 364 g/mol. The van der Waals surface area contributed by atoms with Crippen molar-refractivity contribution in [3.63, 3.8) is 0 Å². The molecule has 0 unspecified atom stereocenters. The zero-order chi connectivity index (χ0) is 19.3. The first-order valence-electron chi connectivity index (χ1n) is 8.83. The number of azo groups is 1. The number of hydrogen-bond donors (Lipinski definition) is 0. The van der Waals surface area contributed by atoms with Gasteiger partial charge in [-0.1, -0.05) is 46.0 Å². The van der Waals surface area contributed by atoms with Gasteiger partial charge in [-0.05, 0) is 31.3 Å². The van der Waals surface area contributed by atoms with E-state index < -0.39 is 0 Å². The SMILES string of the molecule is [C-]#[N+]c1c(C)nsc1N=Nc1sc(N(CCC)CCC)nc1C(C)(C)C. The zero-order valence-corrected chi connectivity index (χ0v) is 18.0. The first kappa shape index (κ1) is 20.5. The molecule has 0 aliphatic heterocycles. The third-order valence-electron chi connectivity index (χ3n) is 3.72. The quantitative estimate of drug-likeness (QED) is 0.386. The van der Waals surface area contributed by atoms with Crippen LogP contribution in [0.1, 0.15) is 58.8 Å². The molecule has 2 rings (SSSR count). The van der Waals surface area contributed by atoms with Crippen LogP contribution in [0.5, 0.6) is 0 Å². The van der Waals surface area contributed by atoms with E-state index in [0.29, 0.717) is 16.4 Å². The highest BCUT2D eigenvalue weighted by Crippen LogP contribution is 2.42. The minimum Gasteiger partial charge on any atom is -0.348 e. The maximum absolute atomic E-state index is 7.29. The standard InChI is InChI=1S/C18H26N6S2/c1-8-10-24(11-9-2)17-20-14(18(4,5)6)16(25-17)22-21-15-13(19-7)12(3)23-26-15/h8-11H2,1-6H3. The smallest absolute Gasteiger partial charge is 0.247 e. The lowest BCUT2D eigenvalue weighted by Crippen LogP contribution is -2.25. The second-order valence-corrected chi connectivity index (χ2v) is 8.83. The van der Waals surface area contributed by atoms with Crippen molar-refractivity contribution in [1.29, 1.82) is 0 Å². The molecule has 0 fully saturated rings. The van der Waals surface area contributed by atoms with Crippen molar-refractivity contribution in [3.05, 3.63) is 22.8 Å². The first-order valence-corrected chi connectivity index (χ1v) is 10.4. The molecule has 0 N–H and O–H groups in total. The van der Waals surface area contributed by atoms with Crippen LogP contribution in [0.15, 0.2) is 10.2 Å². The lowest BCUT2D eigenvalue weighted by atomic mass is 9.93. The maximum Gasteiger partial charge on any atom is 0.247 e. The highest BCUT2D eigenvalue weighted by molar-refractivity contribution is 7.19. The Morgan fingerprint density at radius 3 is 2.27 bits per heavy atom. The Morgan fingerprint density at radius 2 is 1.73 bits per heavy atom. The highest BCUT2D eigenvalue weighted by Gasteiger charge is 2.25. The van der Waals surface area contributed by atoms with Crippen molar-refractivity contribution < 1.29 is 0 Å². The monoisotopic (exact) mass is 390 g/mol. The third kappa shape index (κ3) is 4.65. The van der Waals surface area contributed by atoms with Crippen LogP contribution in [0.3, 0.4) is 0 Å². The van der Waals surface area contributed by atoms with Crippen LogP contribution in [-0.4, -0.2) is 22.4 Å². The van der Waals surface area contributed by atoms with E-state index in [1.54, 1.807) is 11.3 Å². The fourth-order valence-corrected chi connectivity index (χ4v) is 4.29. The van der Waals surface area contributed by atoms with Gasteiger partial charge in [-0.25, -0.2) is 14.2 Å². The Balaban J connectivity index is 2.43. The Hall–Kier alpha value is -1.85. The van der Waals surface area contributed by atoms with Crippen LogP contribution in [-0.2, 0) is 5.41 Å². The molecule has 0 saturated carbocycles. The summed E-state index contributed by atoms with van der Waals surface area (Å²) in [5.41, 5.74) is 2.01. The van der Waals surface area contributed by atoms with E-state index in [4.69, 9.17) is 11.6 Å². The van der Waals surface area contributed by atoms with Crippen LogP contribution in [0, 0.1) is 13.5 Å². The van der Waals surface area contributed by atoms with Gasteiger partial charge in [-0.15, -0.1) is 10.2 Å². The summed E-state index contributed by atoms with van der Waals surface area (Å²) in [6.45, 7) is 21.8. The van der Waals surface area contributed by atoms with Gasteiger partial charge in [0.25, 0.3) is 0 Å². The molecule has 8 heteroatoms. The van der Waals surface area contributed by atoms with Crippen molar-refractivity contribution in [2.75, 3.05) is 18.0 Å². The van der Waals surface area contributed by atoms with Crippen LogP contribution in [0.4, 0.5) is 20.8 Å². The molecule has 0 aromatic carbocycles. The molecule has 0 spiro atoms. The van der Waals surface area contributed by atoms with E-state index in [2.05, 4.69) is 59.0 Å². The van der Waals surface area contributed by atoms with Gasteiger partial charge < -0.3 is 4.90 Å². The van der Waals surface area contributed by atoms with Crippen molar-refractivity contribution in [3.8, 4) is 0 Å². The van der Waals surface area contributed by atoms with Gasteiger partial charge in [0.15, 0.2) is 15.1 Å². The summed E-state index contributed by atoms with van der Waals surface area (Å²) in [5.74, 6) is 0. The average Bonchev–Trinajstić information content (AvgIpc) is 3.15. The lowest BCUT2D eigenvalue weighted by molar-refractivity contribution is 0.572. The van der Waals surface area contributed by atoms with Crippen LogP contribution >= 0.6 is 22.9 Å². The number of hydrogen-bond acceptors (Lipinski definition) is 7. The summed E-state index contributed by atoms with van der Waals surface area (Å²) < 4.78 is 4.21. The van der Waals surface area contributed by atoms with Crippen LogP contribution in [0.2, 0.25) is 0 Å². The van der Waals surface area contributed by atoms with E-state index in [1.807, 2.05) is 6.92 Å². The van der Waals surface area contributed by atoms with Crippen molar-refractivity contribution >= 4 is 43.7 Å².